The highest BCUT2D eigenvalue weighted by atomic mass is 32.2. The zero-order chi connectivity index (χ0) is 17.7. The van der Waals surface area contributed by atoms with Gasteiger partial charge in [0.05, 0.1) is 4.90 Å². The van der Waals surface area contributed by atoms with E-state index < -0.39 is 10.0 Å². The summed E-state index contributed by atoms with van der Waals surface area (Å²) in [5.74, 6) is 0. The van der Waals surface area contributed by atoms with Crippen molar-refractivity contribution in [3.63, 3.8) is 0 Å². The summed E-state index contributed by atoms with van der Waals surface area (Å²) in [6.45, 7) is 5.66. The Kier molecular flexibility index (Phi) is 11.0. The highest BCUT2D eigenvalue weighted by Gasteiger charge is 2.23. The fraction of sp³-hybridized carbons (Fsp3) is 0.700. The van der Waals surface area contributed by atoms with E-state index in [1.54, 1.807) is 28.6 Å². The first-order valence-corrected chi connectivity index (χ1v) is 11.0. The van der Waals surface area contributed by atoms with E-state index >= 15 is 0 Å². The van der Waals surface area contributed by atoms with Crippen LogP contribution in [0.2, 0.25) is 0 Å². The third-order valence-corrected chi connectivity index (χ3v) is 6.26. The molecule has 0 N–H and O–H groups in total. The molecule has 0 atom stereocenters. The van der Waals surface area contributed by atoms with Crippen LogP contribution in [0.5, 0.6) is 0 Å². The molecular weight excluding hydrogens is 318 g/mol. The molecule has 0 heterocycles. The molecule has 0 aliphatic heterocycles. The van der Waals surface area contributed by atoms with Crippen LogP contribution >= 0.6 is 0 Å². The summed E-state index contributed by atoms with van der Waals surface area (Å²) < 4.78 is 27.5. The van der Waals surface area contributed by atoms with Gasteiger partial charge in [-0.3, -0.25) is 0 Å². The minimum atomic E-state index is -3.37. The molecule has 0 fully saturated rings. The van der Waals surface area contributed by atoms with E-state index in [0.717, 1.165) is 25.7 Å². The molecule has 0 spiro atoms. The van der Waals surface area contributed by atoms with Crippen molar-refractivity contribution in [3.05, 3.63) is 30.3 Å². The lowest BCUT2D eigenvalue weighted by molar-refractivity contribution is 0.384. The van der Waals surface area contributed by atoms with Gasteiger partial charge in [-0.15, -0.1) is 0 Å². The van der Waals surface area contributed by atoms with Gasteiger partial charge >= 0.3 is 0 Å². The molecular formula is C20H34NO2S. The number of sulfonamides is 1. The van der Waals surface area contributed by atoms with Crippen molar-refractivity contribution in [3.8, 4) is 0 Å². The van der Waals surface area contributed by atoms with E-state index in [-0.39, 0.29) is 0 Å². The summed E-state index contributed by atoms with van der Waals surface area (Å²) in [7, 11) is -3.37. The Morgan fingerprint density at radius 1 is 0.792 bits per heavy atom. The van der Waals surface area contributed by atoms with E-state index in [0.29, 0.717) is 18.0 Å². The molecule has 0 bridgehead atoms. The minimum absolute atomic E-state index is 0.392. The topological polar surface area (TPSA) is 37.4 Å². The normalized spacial score (nSPS) is 12.0. The van der Waals surface area contributed by atoms with Crippen molar-refractivity contribution in [1.82, 2.24) is 4.31 Å². The van der Waals surface area contributed by atoms with E-state index in [1.165, 1.54) is 38.5 Å². The van der Waals surface area contributed by atoms with E-state index in [9.17, 15) is 8.42 Å². The van der Waals surface area contributed by atoms with Gasteiger partial charge in [0.2, 0.25) is 10.0 Å². The van der Waals surface area contributed by atoms with Crippen LogP contribution in [0, 0.1) is 6.07 Å². The Balaban J connectivity index is 2.61. The molecule has 24 heavy (non-hydrogen) atoms. The Labute approximate surface area is 149 Å². The maximum absolute atomic E-state index is 12.9. The molecule has 0 amide bonds. The number of rotatable bonds is 14. The first kappa shape index (κ1) is 21.2. The predicted octanol–water partition coefficient (Wildman–Crippen LogP) is 5.42. The first-order valence-electron chi connectivity index (χ1n) is 9.59. The molecule has 0 aromatic heterocycles. The lowest BCUT2D eigenvalue weighted by Crippen LogP contribution is -2.33. The summed E-state index contributed by atoms with van der Waals surface area (Å²) in [4.78, 5) is 0.392. The summed E-state index contributed by atoms with van der Waals surface area (Å²) in [6.07, 6.45) is 11.4. The smallest absolute Gasteiger partial charge is 0.207 e. The SMILES string of the molecule is CCCCCCCN(CCCCCCC)S(=O)(=O)c1cc[c]cc1. The van der Waals surface area contributed by atoms with Gasteiger partial charge in [-0.25, -0.2) is 8.42 Å². The van der Waals surface area contributed by atoms with Crippen LogP contribution in [-0.4, -0.2) is 25.8 Å². The van der Waals surface area contributed by atoms with Crippen LogP contribution in [0.15, 0.2) is 29.2 Å². The van der Waals surface area contributed by atoms with E-state index in [2.05, 4.69) is 19.9 Å². The molecule has 1 rings (SSSR count). The van der Waals surface area contributed by atoms with Crippen LogP contribution in [0.3, 0.4) is 0 Å². The van der Waals surface area contributed by atoms with Gasteiger partial charge in [0, 0.05) is 13.1 Å². The molecule has 0 aliphatic carbocycles. The number of hydrogen-bond acceptors (Lipinski definition) is 2. The summed E-state index contributed by atoms with van der Waals surface area (Å²) in [5.41, 5.74) is 0. The molecule has 0 saturated heterocycles. The van der Waals surface area contributed by atoms with Crippen molar-refractivity contribution in [2.45, 2.75) is 83.0 Å². The fourth-order valence-electron chi connectivity index (χ4n) is 2.83. The van der Waals surface area contributed by atoms with Crippen LogP contribution in [-0.2, 0) is 10.0 Å². The average molecular weight is 353 g/mol. The largest absolute Gasteiger partial charge is 0.243 e. The fourth-order valence-corrected chi connectivity index (χ4v) is 4.35. The maximum atomic E-state index is 12.9. The molecule has 1 aromatic carbocycles. The molecule has 4 heteroatoms. The van der Waals surface area contributed by atoms with Crippen LogP contribution in [0.4, 0.5) is 0 Å². The Morgan fingerprint density at radius 3 is 1.71 bits per heavy atom. The third-order valence-electron chi connectivity index (χ3n) is 4.35. The average Bonchev–Trinajstić information content (AvgIpc) is 2.60. The standard InChI is InChI=1S/C20H34NO2S/c1-3-5-7-9-14-18-21(19-15-10-8-6-4-2)24(22,23)20-16-12-11-13-17-20/h12-13,16-17H,3-10,14-15,18-19H2,1-2H3. The number of unbranched alkanes of at least 4 members (excludes halogenated alkanes) is 8. The molecule has 0 saturated carbocycles. The van der Waals surface area contributed by atoms with Gasteiger partial charge in [0.15, 0.2) is 0 Å². The first-order chi connectivity index (χ1) is 11.6. The van der Waals surface area contributed by atoms with E-state index in [1.807, 2.05) is 0 Å². The molecule has 1 aromatic rings. The molecule has 0 unspecified atom stereocenters. The van der Waals surface area contributed by atoms with E-state index in [4.69, 9.17) is 0 Å². The van der Waals surface area contributed by atoms with Gasteiger partial charge in [-0.1, -0.05) is 77.3 Å². The second-order valence-electron chi connectivity index (χ2n) is 6.47. The van der Waals surface area contributed by atoms with Crippen LogP contribution in [0.1, 0.15) is 78.1 Å². The molecule has 0 aliphatic rings. The predicted molar refractivity (Wildman–Crippen MR) is 102 cm³/mol. The second-order valence-corrected chi connectivity index (χ2v) is 8.41. The summed E-state index contributed by atoms with van der Waals surface area (Å²) in [5, 5.41) is 0. The number of benzene rings is 1. The monoisotopic (exact) mass is 352 g/mol. The van der Waals surface area contributed by atoms with Crippen molar-refractivity contribution >= 4 is 10.0 Å². The number of nitrogens with zero attached hydrogens (tertiary/aromatic N) is 1. The lowest BCUT2D eigenvalue weighted by atomic mass is 10.1. The van der Waals surface area contributed by atoms with Gasteiger partial charge in [-0.2, -0.15) is 4.31 Å². The lowest BCUT2D eigenvalue weighted by Gasteiger charge is -2.22. The summed E-state index contributed by atoms with van der Waals surface area (Å²) >= 11 is 0. The van der Waals surface area contributed by atoms with Crippen LogP contribution < -0.4 is 0 Å². The maximum Gasteiger partial charge on any atom is 0.243 e. The summed E-state index contributed by atoms with van der Waals surface area (Å²) in [6, 6.07) is 9.54. The Bertz CT molecular complexity index is 500. The van der Waals surface area contributed by atoms with Gasteiger partial charge in [0.25, 0.3) is 0 Å². The minimum Gasteiger partial charge on any atom is -0.207 e. The van der Waals surface area contributed by atoms with Gasteiger partial charge in [-0.05, 0) is 31.0 Å². The van der Waals surface area contributed by atoms with Crippen molar-refractivity contribution in [2.24, 2.45) is 0 Å². The quantitative estimate of drug-likeness (QED) is 0.419. The van der Waals surface area contributed by atoms with Crippen LogP contribution in [0.25, 0.3) is 0 Å². The molecule has 3 nitrogen and oxygen atoms in total. The third kappa shape index (κ3) is 7.80. The second kappa shape index (κ2) is 12.5. The Hall–Kier alpha value is -0.870. The Morgan fingerprint density at radius 2 is 1.25 bits per heavy atom. The van der Waals surface area contributed by atoms with Gasteiger partial charge < -0.3 is 0 Å². The highest BCUT2D eigenvalue weighted by molar-refractivity contribution is 7.89. The zero-order valence-electron chi connectivity index (χ0n) is 15.5. The van der Waals surface area contributed by atoms with Crippen molar-refractivity contribution in [2.75, 3.05) is 13.1 Å². The zero-order valence-corrected chi connectivity index (χ0v) is 16.3. The molecule has 1 radical (unpaired) electrons. The highest BCUT2D eigenvalue weighted by Crippen LogP contribution is 2.18. The van der Waals surface area contributed by atoms with Gasteiger partial charge in [0.1, 0.15) is 0 Å². The van der Waals surface area contributed by atoms with Crippen molar-refractivity contribution < 1.29 is 8.42 Å². The molecule has 137 valence electrons. The number of hydrogen-bond donors (Lipinski definition) is 0. The van der Waals surface area contributed by atoms with Crippen molar-refractivity contribution in [1.29, 1.82) is 0 Å².